The van der Waals surface area contributed by atoms with Gasteiger partial charge in [-0.05, 0) is 33.6 Å². The van der Waals surface area contributed by atoms with Crippen LogP contribution in [0, 0.1) is 0 Å². The van der Waals surface area contributed by atoms with Gasteiger partial charge in [-0.1, -0.05) is 54.6 Å². The molecule has 0 atom stereocenters. The second-order valence-corrected chi connectivity index (χ2v) is 9.98. The number of piperazine rings is 1. The molecule has 0 bridgehead atoms. The van der Waals surface area contributed by atoms with Gasteiger partial charge in [0.1, 0.15) is 6.54 Å². The van der Waals surface area contributed by atoms with Gasteiger partial charge >= 0.3 is 0 Å². The third kappa shape index (κ3) is 6.17. The summed E-state index contributed by atoms with van der Waals surface area (Å²) in [5.41, 5.74) is 1.64. The van der Waals surface area contributed by atoms with E-state index in [1.165, 1.54) is 5.56 Å². The van der Waals surface area contributed by atoms with Crippen LogP contribution in [0.4, 0.5) is 5.69 Å². The van der Waals surface area contributed by atoms with Crippen molar-refractivity contribution in [1.82, 2.24) is 9.80 Å². The highest BCUT2D eigenvalue weighted by Crippen LogP contribution is 2.27. The lowest BCUT2D eigenvalue weighted by atomic mass is 10.2. The summed E-state index contributed by atoms with van der Waals surface area (Å²) in [6.07, 6.45) is 5.35. The number of benzene rings is 2. The molecule has 30 heavy (non-hydrogen) atoms. The molecule has 1 aliphatic rings. The van der Waals surface area contributed by atoms with Crippen LogP contribution in [0.15, 0.2) is 65.1 Å². The van der Waals surface area contributed by atoms with Crippen LogP contribution in [0.3, 0.4) is 0 Å². The fourth-order valence-electron chi connectivity index (χ4n) is 3.34. The Bertz CT molecular complexity index is 988. The third-order valence-electron chi connectivity index (χ3n) is 5.00. The maximum absolute atomic E-state index is 12.8. The Hall–Kier alpha value is -2.16. The molecule has 0 aromatic heterocycles. The lowest BCUT2D eigenvalue weighted by Crippen LogP contribution is -2.51. The van der Waals surface area contributed by atoms with Crippen molar-refractivity contribution in [2.45, 2.75) is 0 Å². The standard InChI is InChI=1S/C22H26BrN3O3S/c1-30(28,29)26(21-12-6-5-11-20(21)23)18-22(27)25-16-14-24(15-17-25)13-7-10-19-8-3-2-4-9-19/h2-12H,13-18H2,1H3. The van der Waals surface area contributed by atoms with Crippen molar-refractivity contribution in [3.63, 3.8) is 0 Å². The summed E-state index contributed by atoms with van der Waals surface area (Å²) in [7, 11) is -3.59. The first-order valence-electron chi connectivity index (χ1n) is 9.78. The third-order valence-corrected chi connectivity index (χ3v) is 6.80. The van der Waals surface area contributed by atoms with Gasteiger partial charge in [-0.15, -0.1) is 0 Å². The second-order valence-electron chi connectivity index (χ2n) is 7.22. The summed E-state index contributed by atoms with van der Waals surface area (Å²) < 4.78 is 26.4. The molecule has 1 saturated heterocycles. The molecule has 0 aliphatic carbocycles. The molecule has 1 fully saturated rings. The molecule has 8 heteroatoms. The average molecular weight is 492 g/mol. The van der Waals surface area contributed by atoms with Crippen molar-refractivity contribution in [2.75, 3.05) is 49.8 Å². The molecule has 0 saturated carbocycles. The highest BCUT2D eigenvalue weighted by atomic mass is 79.9. The zero-order valence-corrected chi connectivity index (χ0v) is 19.3. The fraction of sp³-hybridized carbons (Fsp3) is 0.318. The van der Waals surface area contributed by atoms with Gasteiger partial charge in [-0.25, -0.2) is 8.42 Å². The molecule has 1 amide bonds. The SMILES string of the molecule is CS(=O)(=O)N(CC(=O)N1CCN(CC=Cc2ccccc2)CC1)c1ccccc1Br. The van der Waals surface area contributed by atoms with Gasteiger partial charge in [0.05, 0.1) is 11.9 Å². The molecule has 0 N–H and O–H groups in total. The van der Waals surface area contributed by atoms with E-state index in [-0.39, 0.29) is 12.5 Å². The van der Waals surface area contributed by atoms with Crippen LogP contribution >= 0.6 is 15.9 Å². The normalized spacial score (nSPS) is 15.5. The summed E-state index contributed by atoms with van der Waals surface area (Å²) in [6, 6.07) is 17.2. The minimum atomic E-state index is -3.59. The molecule has 0 radical (unpaired) electrons. The zero-order chi connectivity index (χ0) is 21.6. The van der Waals surface area contributed by atoms with E-state index >= 15 is 0 Å². The van der Waals surface area contributed by atoms with Crippen LogP contribution in [0.2, 0.25) is 0 Å². The maximum atomic E-state index is 12.8. The molecular formula is C22H26BrN3O3S. The first kappa shape index (κ1) is 22.5. The zero-order valence-electron chi connectivity index (χ0n) is 16.9. The number of hydrogen-bond acceptors (Lipinski definition) is 4. The van der Waals surface area contributed by atoms with Crippen LogP contribution in [-0.2, 0) is 14.8 Å². The van der Waals surface area contributed by atoms with E-state index in [2.05, 4.69) is 45.1 Å². The minimum Gasteiger partial charge on any atom is -0.339 e. The first-order chi connectivity index (χ1) is 14.3. The number of anilines is 1. The maximum Gasteiger partial charge on any atom is 0.243 e. The van der Waals surface area contributed by atoms with Crippen LogP contribution < -0.4 is 4.31 Å². The molecule has 160 valence electrons. The van der Waals surface area contributed by atoms with Gasteiger partial charge in [-0.3, -0.25) is 14.0 Å². The number of rotatable bonds is 7. The summed E-state index contributed by atoms with van der Waals surface area (Å²) in [5, 5.41) is 0. The van der Waals surface area contributed by atoms with Crippen molar-refractivity contribution in [1.29, 1.82) is 0 Å². The lowest BCUT2D eigenvalue weighted by molar-refractivity contribution is -0.131. The van der Waals surface area contributed by atoms with Crippen molar-refractivity contribution < 1.29 is 13.2 Å². The van der Waals surface area contributed by atoms with E-state index in [0.29, 0.717) is 23.2 Å². The minimum absolute atomic E-state index is 0.185. The van der Waals surface area contributed by atoms with Gasteiger partial charge in [0.25, 0.3) is 0 Å². The molecule has 1 heterocycles. The smallest absolute Gasteiger partial charge is 0.243 e. The van der Waals surface area contributed by atoms with Gasteiger partial charge in [0, 0.05) is 37.2 Å². The van der Waals surface area contributed by atoms with Crippen molar-refractivity contribution in [3.05, 3.63) is 70.7 Å². The number of halogens is 1. The topological polar surface area (TPSA) is 60.9 Å². The predicted octanol–water partition coefficient (Wildman–Crippen LogP) is 3.07. The number of para-hydroxylation sites is 1. The van der Waals surface area contributed by atoms with Crippen molar-refractivity contribution >= 4 is 43.6 Å². The van der Waals surface area contributed by atoms with Gasteiger partial charge in [-0.2, -0.15) is 0 Å². The van der Waals surface area contributed by atoms with Crippen LogP contribution in [0.5, 0.6) is 0 Å². The van der Waals surface area contributed by atoms with E-state index in [1.807, 2.05) is 18.2 Å². The van der Waals surface area contributed by atoms with E-state index in [1.54, 1.807) is 29.2 Å². The molecule has 1 aliphatic heterocycles. The van der Waals surface area contributed by atoms with E-state index < -0.39 is 10.0 Å². The Balaban J connectivity index is 1.55. The number of carbonyl (C=O) groups excluding carboxylic acids is 1. The van der Waals surface area contributed by atoms with Crippen LogP contribution in [0.25, 0.3) is 6.08 Å². The predicted molar refractivity (Wildman–Crippen MR) is 125 cm³/mol. The lowest BCUT2D eigenvalue weighted by Gasteiger charge is -2.35. The average Bonchev–Trinajstić information content (AvgIpc) is 2.73. The Labute approximate surface area is 187 Å². The van der Waals surface area contributed by atoms with E-state index in [9.17, 15) is 13.2 Å². The Morgan fingerprint density at radius 2 is 1.67 bits per heavy atom. The molecule has 2 aromatic carbocycles. The van der Waals surface area contributed by atoms with Gasteiger partial charge < -0.3 is 4.90 Å². The van der Waals surface area contributed by atoms with Crippen molar-refractivity contribution in [3.8, 4) is 0 Å². The van der Waals surface area contributed by atoms with E-state index in [4.69, 9.17) is 0 Å². The highest BCUT2D eigenvalue weighted by Gasteiger charge is 2.27. The fourth-order valence-corrected chi connectivity index (χ4v) is 4.82. The molecule has 2 aromatic rings. The summed E-state index contributed by atoms with van der Waals surface area (Å²) >= 11 is 3.38. The molecule has 0 spiro atoms. The Morgan fingerprint density at radius 3 is 2.30 bits per heavy atom. The van der Waals surface area contributed by atoms with Crippen LogP contribution in [0.1, 0.15) is 5.56 Å². The number of amides is 1. The Kier molecular flexibility index (Phi) is 7.69. The quantitative estimate of drug-likeness (QED) is 0.596. The number of nitrogens with zero attached hydrogens (tertiary/aromatic N) is 3. The Morgan fingerprint density at radius 1 is 1.03 bits per heavy atom. The summed E-state index contributed by atoms with van der Waals surface area (Å²) in [4.78, 5) is 16.8. The van der Waals surface area contributed by atoms with Gasteiger partial charge in [0.2, 0.25) is 15.9 Å². The van der Waals surface area contributed by atoms with Crippen LogP contribution in [-0.4, -0.2) is 69.6 Å². The number of hydrogen-bond donors (Lipinski definition) is 0. The molecule has 3 rings (SSSR count). The summed E-state index contributed by atoms with van der Waals surface area (Å²) in [6.45, 7) is 3.33. The highest BCUT2D eigenvalue weighted by molar-refractivity contribution is 9.10. The monoisotopic (exact) mass is 491 g/mol. The summed E-state index contributed by atoms with van der Waals surface area (Å²) in [5.74, 6) is -0.185. The van der Waals surface area contributed by atoms with Crippen molar-refractivity contribution in [2.24, 2.45) is 0 Å². The van der Waals surface area contributed by atoms with Gasteiger partial charge in [0.15, 0.2) is 0 Å². The molecule has 6 nitrogen and oxygen atoms in total. The first-order valence-corrected chi connectivity index (χ1v) is 12.4. The number of carbonyl (C=O) groups is 1. The van der Waals surface area contributed by atoms with E-state index in [0.717, 1.165) is 30.2 Å². The largest absolute Gasteiger partial charge is 0.339 e. The number of sulfonamides is 1. The molecule has 0 unspecified atom stereocenters. The second kappa shape index (κ2) is 10.2. The molecular weight excluding hydrogens is 466 g/mol.